The van der Waals surface area contributed by atoms with Gasteiger partial charge in [0.25, 0.3) is 0 Å². The Bertz CT molecular complexity index is 717. The standard InChI is InChI=1S/C22H26O4/c1-16(25-20(23)17-11-7-5-8-12-17)19(15-22(2,3)4)26-21(24)18-13-9-6-10-14-18/h5-14,16,19H,15H2,1-4H3. The Morgan fingerprint density at radius 1 is 0.808 bits per heavy atom. The highest BCUT2D eigenvalue weighted by atomic mass is 16.6. The number of rotatable bonds is 6. The normalized spacial score (nSPS) is 13.5. The van der Waals surface area contributed by atoms with Crippen molar-refractivity contribution in [2.24, 2.45) is 5.41 Å². The molecule has 0 aromatic heterocycles. The third kappa shape index (κ3) is 6.03. The maximum Gasteiger partial charge on any atom is 0.338 e. The van der Waals surface area contributed by atoms with Crippen LogP contribution >= 0.6 is 0 Å². The second-order valence-corrected chi connectivity index (χ2v) is 7.55. The second kappa shape index (κ2) is 8.65. The molecule has 0 spiro atoms. The summed E-state index contributed by atoms with van der Waals surface area (Å²) in [5, 5.41) is 0. The summed E-state index contributed by atoms with van der Waals surface area (Å²) in [5.41, 5.74) is 0.867. The second-order valence-electron chi connectivity index (χ2n) is 7.55. The molecule has 0 saturated heterocycles. The Hall–Kier alpha value is -2.62. The van der Waals surface area contributed by atoms with E-state index in [0.717, 1.165) is 0 Å². The number of carbonyl (C=O) groups is 2. The van der Waals surface area contributed by atoms with E-state index in [-0.39, 0.29) is 5.41 Å². The van der Waals surface area contributed by atoms with Crippen molar-refractivity contribution in [3.63, 3.8) is 0 Å². The lowest BCUT2D eigenvalue weighted by atomic mass is 9.87. The first-order valence-corrected chi connectivity index (χ1v) is 8.78. The van der Waals surface area contributed by atoms with Crippen molar-refractivity contribution < 1.29 is 19.1 Å². The van der Waals surface area contributed by atoms with Gasteiger partial charge in [0.05, 0.1) is 11.1 Å². The Kier molecular flexibility index (Phi) is 6.56. The maximum absolute atomic E-state index is 12.4. The quantitative estimate of drug-likeness (QED) is 0.693. The Balaban J connectivity index is 2.10. The molecule has 2 unspecified atom stereocenters. The zero-order valence-corrected chi connectivity index (χ0v) is 15.8. The molecule has 0 aliphatic heterocycles. The van der Waals surface area contributed by atoms with Gasteiger partial charge in [0, 0.05) is 0 Å². The highest BCUT2D eigenvalue weighted by Gasteiger charge is 2.30. The molecule has 0 aliphatic rings. The van der Waals surface area contributed by atoms with Crippen LogP contribution in [-0.4, -0.2) is 24.1 Å². The minimum atomic E-state index is -0.561. The van der Waals surface area contributed by atoms with Crippen LogP contribution in [0.15, 0.2) is 60.7 Å². The topological polar surface area (TPSA) is 52.6 Å². The molecule has 0 saturated carbocycles. The van der Waals surface area contributed by atoms with Crippen molar-refractivity contribution in [1.29, 1.82) is 0 Å². The van der Waals surface area contributed by atoms with Gasteiger partial charge in [0.2, 0.25) is 0 Å². The summed E-state index contributed by atoms with van der Waals surface area (Å²) in [5.74, 6) is -0.838. The molecule has 0 aliphatic carbocycles. The van der Waals surface area contributed by atoms with E-state index in [0.29, 0.717) is 17.5 Å². The predicted molar refractivity (Wildman–Crippen MR) is 101 cm³/mol. The molecule has 2 rings (SSSR count). The summed E-state index contributed by atoms with van der Waals surface area (Å²) < 4.78 is 11.3. The number of carbonyl (C=O) groups excluding carboxylic acids is 2. The highest BCUT2D eigenvalue weighted by molar-refractivity contribution is 5.90. The van der Waals surface area contributed by atoms with Gasteiger partial charge in [-0.3, -0.25) is 0 Å². The molecule has 2 aromatic rings. The minimum Gasteiger partial charge on any atom is -0.455 e. The van der Waals surface area contributed by atoms with E-state index < -0.39 is 24.1 Å². The maximum atomic E-state index is 12.4. The smallest absolute Gasteiger partial charge is 0.338 e. The number of hydrogen-bond donors (Lipinski definition) is 0. The van der Waals surface area contributed by atoms with Crippen LogP contribution in [0.1, 0.15) is 54.8 Å². The van der Waals surface area contributed by atoms with Gasteiger partial charge in [-0.05, 0) is 43.0 Å². The van der Waals surface area contributed by atoms with Crippen LogP contribution in [-0.2, 0) is 9.47 Å². The van der Waals surface area contributed by atoms with Crippen LogP contribution in [0.3, 0.4) is 0 Å². The first-order chi connectivity index (χ1) is 12.3. The number of benzene rings is 2. The molecule has 4 heteroatoms. The van der Waals surface area contributed by atoms with Gasteiger partial charge in [-0.15, -0.1) is 0 Å². The lowest BCUT2D eigenvalue weighted by molar-refractivity contribution is -0.0417. The van der Waals surface area contributed by atoms with E-state index in [1.165, 1.54) is 0 Å². The molecule has 26 heavy (non-hydrogen) atoms. The zero-order valence-electron chi connectivity index (χ0n) is 15.8. The van der Waals surface area contributed by atoms with E-state index in [1.54, 1.807) is 55.5 Å². The fourth-order valence-corrected chi connectivity index (χ4v) is 2.57. The summed E-state index contributed by atoms with van der Waals surface area (Å²) in [4.78, 5) is 24.8. The van der Waals surface area contributed by atoms with Crippen molar-refractivity contribution in [2.45, 2.75) is 46.3 Å². The molecule has 0 radical (unpaired) electrons. The molecule has 0 N–H and O–H groups in total. The van der Waals surface area contributed by atoms with Gasteiger partial charge >= 0.3 is 11.9 Å². The van der Waals surface area contributed by atoms with Crippen molar-refractivity contribution in [3.8, 4) is 0 Å². The number of hydrogen-bond acceptors (Lipinski definition) is 4. The van der Waals surface area contributed by atoms with Crippen LogP contribution in [0.25, 0.3) is 0 Å². The van der Waals surface area contributed by atoms with E-state index >= 15 is 0 Å². The SMILES string of the molecule is CC(OC(=O)c1ccccc1)C(CC(C)(C)C)OC(=O)c1ccccc1. The van der Waals surface area contributed by atoms with Crippen LogP contribution in [0.2, 0.25) is 0 Å². The fourth-order valence-electron chi connectivity index (χ4n) is 2.57. The summed E-state index contributed by atoms with van der Waals surface area (Å²) in [6.07, 6.45) is -0.514. The molecule has 0 fully saturated rings. The Labute approximate surface area is 155 Å². The van der Waals surface area contributed by atoms with Crippen LogP contribution in [0.5, 0.6) is 0 Å². The minimum absolute atomic E-state index is 0.0882. The summed E-state index contributed by atoms with van der Waals surface area (Å²) >= 11 is 0. The highest BCUT2D eigenvalue weighted by Crippen LogP contribution is 2.26. The summed E-state index contributed by atoms with van der Waals surface area (Å²) in [6, 6.07) is 17.6. The Morgan fingerprint density at radius 2 is 1.23 bits per heavy atom. The molecule has 0 bridgehead atoms. The predicted octanol–water partition coefficient (Wildman–Crippen LogP) is 4.89. The molecule has 4 nitrogen and oxygen atoms in total. The zero-order chi connectivity index (χ0) is 19.2. The molecule has 0 amide bonds. The third-order valence-corrected chi connectivity index (χ3v) is 3.91. The number of esters is 2. The van der Waals surface area contributed by atoms with Crippen molar-refractivity contribution >= 4 is 11.9 Å². The van der Waals surface area contributed by atoms with Crippen molar-refractivity contribution in [1.82, 2.24) is 0 Å². The first-order valence-electron chi connectivity index (χ1n) is 8.78. The van der Waals surface area contributed by atoms with E-state index in [1.807, 2.05) is 12.1 Å². The fraction of sp³-hybridized carbons (Fsp3) is 0.364. The third-order valence-electron chi connectivity index (χ3n) is 3.91. The average molecular weight is 354 g/mol. The van der Waals surface area contributed by atoms with Gasteiger partial charge in [-0.25, -0.2) is 9.59 Å². The molecule has 138 valence electrons. The molecular weight excluding hydrogens is 328 g/mol. The Morgan fingerprint density at radius 3 is 1.65 bits per heavy atom. The van der Waals surface area contributed by atoms with Crippen molar-refractivity contribution in [3.05, 3.63) is 71.8 Å². The van der Waals surface area contributed by atoms with Crippen LogP contribution in [0, 0.1) is 5.41 Å². The largest absolute Gasteiger partial charge is 0.455 e. The monoisotopic (exact) mass is 354 g/mol. The molecular formula is C22H26O4. The first kappa shape index (κ1) is 19.7. The van der Waals surface area contributed by atoms with Gasteiger partial charge in [-0.1, -0.05) is 57.2 Å². The van der Waals surface area contributed by atoms with E-state index in [2.05, 4.69) is 20.8 Å². The molecule has 2 aromatic carbocycles. The van der Waals surface area contributed by atoms with Gasteiger partial charge < -0.3 is 9.47 Å². The summed E-state index contributed by atoms with van der Waals surface area (Å²) in [6.45, 7) is 7.93. The lowest BCUT2D eigenvalue weighted by Crippen LogP contribution is -2.36. The van der Waals surface area contributed by atoms with Crippen molar-refractivity contribution in [2.75, 3.05) is 0 Å². The van der Waals surface area contributed by atoms with Gasteiger partial charge in [0.1, 0.15) is 12.2 Å². The van der Waals surface area contributed by atoms with Gasteiger partial charge in [-0.2, -0.15) is 0 Å². The average Bonchev–Trinajstić information content (AvgIpc) is 2.61. The molecule has 0 heterocycles. The van der Waals surface area contributed by atoms with Gasteiger partial charge in [0.15, 0.2) is 0 Å². The molecule has 2 atom stereocenters. The number of ether oxygens (including phenoxy) is 2. The lowest BCUT2D eigenvalue weighted by Gasteiger charge is -2.30. The van der Waals surface area contributed by atoms with Crippen LogP contribution in [0.4, 0.5) is 0 Å². The van der Waals surface area contributed by atoms with E-state index in [9.17, 15) is 9.59 Å². The van der Waals surface area contributed by atoms with Crippen LogP contribution < -0.4 is 0 Å². The summed E-state index contributed by atoms with van der Waals surface area (Å²) in [7, 11) is 0. The van der Waals surface area contributed by atoms with E-state index in [4.69, 9.17) is 9.47 Å².